The third kappa shape index (κ3) is 12.2. The Morgan fingerprint density at radius 1 is 1.00 bits per heavy atom. The molecule has 0 bridgehead atoms. The second-order valence-electron chi connectivity index (χ2n) is 5.43. The van der Waals surface area contributed by atoms with E-state index in [1.54, 1.807) is 0 Å². The van der Waals surface area contributed by atoms with Crippen molar-refractivity contribution >= 4 is 12.3 Å². The Kier molecular flexibility index (Phi) is 13.9. The molecule has 2 N–H and O–H groups in total. The molecule has 0 aromatic heterocycles. The summed E-state index contributed by atoms with van der Waals surface area (Å²) in [4.78, 5) is 21.1. The summed E-state index contributed by atoms with van der Waals surface area (Å²) in [5.74, 6) is -0.941. The lowest BCUT2D eigenvalue weighted by molar-refractivity contribution is -0.140. The van der Waals surface area contributed by atoms with Crippen molar-refractivity contribution in [2.24, 2.45) is 0 Å². The molecule has 0 amide bonds. The molecule has 0 saturated carbocycles. The van der Waals surface area contributed by atoms with Crippen LogP contribution in [0.1, 0.15) is 77.6 Å². The SMILES string of the molecule is CCCCCCCCCCCCNC(CC=O)C(=O)O. The normalized spacial score (nSPS) is 12.2. The average Bonchev–Trinajstić information content (AvgIpc) is 2.43. The summed E-state index contributed by atoms with van der Waals surface area (Å²) in [6.45, 7) is 2.92. The van der Waals surface area contributed by atoms with Crippen molar-refractivity contribution in [3.63, 3.8) is 0 Å². The van der Waals surface area contributed by atoms with Gasteiger partial charge in [-0.15, -0.1) is 0 Å². The molecule has 1 unspecified atom stereocenters. The first kappa shape index (κ1) is 19.1. The quantitative estimate of drug-likeness (QED) is 0.357. The number of hydrogen-bond acceptors (Lipinski definition) is 3. The van der Waals surface area contributed by atoms with Gasteiger partial charge in [0.1, 0.15) is 12.3 Å². The Balaban J connectivity index is 3.27. The largest absolute Gasteiger partial charge is 0.480 e. The van der Waals surface area contributed by atoms with E-state index in [0.717, 1.165) is 12.8 Å². The minimum Gasteiger partial charge on any atom is -0.480 e. The molecule has 0 radical (unpaired) electrons. The van der Waals surface area contributed by atoms with Crippen molar-refractivity contribution in [2.45, 2.75) is 83.6 Å². The zero-order chi connectivity index (χ0) is 15.1. The van der Waals surface area contributed by atoms with Crippen LogP contribution in [0.2, 0.25) is 0 Å². The maximum absolute atomic E-state index is 10.8. The molecule has 0 spiro atoms. The van der Waals surface area contributed by atoms with Crippen molar-refractivity contribution in [1.29, 1.82) is 0 Å². The lowest BCUT2D eigenvalue weighted by Gasteiger charge is -2.11. The van der Waals surface area contributed by atoms with Crippen LogP contribution in [-0.4, -0.2) is 29.9 Å². The van der Waals surface area contributed by atoms with Crippen molar-refractivity contribution in [1.82, 2.24) is 5.32 Å². The van der Waals surface area contributed by atoms with Gasteiger partial charge in [-0.25, -0.2) is 0 Å². The topological polar surface area (TPSA) is 66.4 Å². The van der Waals surface area contributed by atoms with E-state index in [1.165, 1.54) is 51.4 Å². The number of rotatable bonds is 15. The van der Waals surface area contributed by atoms with Crippen molar-refractivity contribution in [2.75, 3.05) is 6.54 Å². The Morgan fingerprint density at radius 3 is 1.95 bits per heavy atom. The highest BCUT2D eigenvalue weighted by molar-refractivity contribution is 5.76. The van der Waals surface area contributed by atoms with Gasteiger partial charge in [0.2, 0.25) is 0 Å². The van der Waals surface area contributed by atoms with Gasteiger partial charge in [-0.1, -0.05) is 64.7 Å². The molecule has 0 aromatic carbocycles. The first-order valence-corrected chi connectivity index (χ1v) is 8.12. The lowest BCUT2D eigenvalue weighted by Crippen LogP contribution is -2.37. The Morgan fingerprint density at radius 2 is 1.50 bits per heavy atom. The van der Waals surface area contributed by atoms with Gasteiger partial charge < -0.3 is 15.2 Å². The number of unbranched alkanes of at least 4 members (excludes halogenated alkanes) is 9. The van der Waals surface area contributed by atoms with E-state index in [2.05, 4.69) is 12.2 Å². The Labute approximate surface area is 123 Å². The molecule has 0 fully saturated rings. The highest BCUT2D eigenvalue weighted by atomic mass is 16.4. The average molecular weight is 285 g/mol. The summed E-state index contributed by atoms with van der Waals surface area (Å²) >= 11 is 0. The van der Waals surface area contributed by atoms with Gasteiger partial charge in [-0.05, 0) is 13.0 Å². The summed E-state index contributed by atoms with van der Waals surface area (Å²) in [5.41, 5.74) is 0. The van der Waals surface area contributed by atoms with E-state index in [9.17, 15) is 9.59 Å². The van der Waals surface area contributed by atoms with E-state index in [1.807, 2.05) is 0 Å². The molecule has 0 aliphatic carbocycles. The van der Waals surface area contributed by atoms with Gasteiger partial charge >= 0.3 is 5.97 Å². The van der Waals surface area contributed by atoms with Crippen LogP contribution in [0.3, 0.4) is 0 Å². The lowest BCUT2D eigenvalue weighted by atomic mass is 10.1. The minimum absolute atomic E-state index is 0.0487. The number of carboxylic acids is 1. The number of hydrogen-bond donors (Lipinski definition) is 2. The van der Waals surface area contributed by atoms with E-state index >= 15 is 0 Å². The predicted octanol–water partition coefficient (Wildman–Crippen LogP) is 3.54. The molecular weight excluding hydrogens is 254 g/mol. The molecule has 4 heteroatoms. The van der Waals surface area contributed by atoms with E-state index in [4.69, 9.17) is 5.11 Å². The highest BCUT2D eigenvalue weighted by Gasteiger charge is 2.14. The molecule has 0 rings (SSSR count). The second kappa shape index (κ2) is 14.5. The van der Waals surface area contributed by atoms with Crippen LogP contribution in [0, 0.1) is 0 Å². The van der Waals surface area contributed by atoms with Gasteiger partial charge in [0.25, 0.3) is 0 Å². The molecule has 0 heterocycles. The fraction of sp³-hybridized carbons (Fsp3) is 0.875. The molecule has 20 heavy (non-hydrogen) atoms. The summed E-state index contributed by atoms with van der Waals surface area (Å²) < 4.78 is 0. The standard InChI is InChI=1S/C16H31NO3/c1-2-3-4-5-6-7-8-9-10-11-13-17-15(12-14-18)16(19)20/h14-15,17H,2-13H2,1H3,(H,19,20). The van der Waals surface area contributed by atoms with E-state index in [-0.39, 0.29) is 6.42 Å². The van der Waals surface area contributed by atoms with Gasteiger partial charge in [0.05, 0.1) is 0 Å². The maximum Gasteiger partial charge on any atom is 0.321 e. The Hall–Kier alpha value is -0.900. The van der Waals surface area contributed by atoms with E-state index in [0.29, 0.717) is 12.8 Å². The van der Waals surface area contributed by atoms with Crippen molar-refractivity contribution < 1.29 is 14.7 Å². The summed E-state index contributed by atoms with van der Waals surface area (Å²) in [6, 6.07) is -0.717. The number of carbonyl (C=O) groups excluding carboxylic acids is 1. The third-order valence-electron chi connectivity index (χ3n) is 3.55. The van der Waals surface area contributed by atoms with Crippen molar-refractivity contribution in [3.05, 3.63) is 0 Å². The number of carbonyl (C=O) groups is 2. The molecule has 4 nitrogen and oxygen atoms in total. The van der Waals surface area contributed by atoms with Gasteiger partial charge in [0, 0.05) is 6.42 Å². The van der Waals surface area contributed by atoms with Crippen molar-refractivity contribution in [3.8, 4) is 0 Å². The molecule has 1 atom stereocenters. The first-order valence-electron chi connectivity index (χ1n) is 8.12. The highest BCUT2D eigenvalue weighted by Crippen LogP contribution is 2.10. The Bertz CT molecular complexity index is 244. The summed E-state index contributed by atoms with van der Waals surface area (Å²) in [6.07, 6.45) is 13.4. The van der Waals surface area contributed by atoms with Gasteiger partial charge in [-0.2, -0.15) is 0 Å². The fourth-order valence-corrected chi connectivity index (χ4v) is 2.26. The van der Waals surface area contributed by atoms with Gasteiger partial charge in [0.15, 0.2) is 0 Å². The van der Waals surface area contributed by atoms with Crippen LogP contribution in [0.4, 0.5) is 0 Å². The molecule has 118 valence electrons. The van der Waals surface area contributed by atoms with Crippen LogP contribution in [-0.2, 0) is 9.59 Å². The fourth-order valence-electron chi connectivity index (χ4n) is 2.26. The maximum atomic E-state index is 10.8. The first-order chi connectivity index (χ1) is 9.72. The zero-order valence-electron chi connectivity index (χ0n) is 12.9. The van der Waals surface area contributed by atoms with Crippen LogP contribution in [0.25, 0.3) is 0 Å². The van der Waals surface area contributed by atoms with Gasteiger partial charge in [-0.3, -0.25) is 4.79 Å². The number of nitrogens with one attached hydrogen (secondary N) is 1. The van der Waals surface area contributed by atoms with E-state index < -0.39 is 12.0 Å². The van der Waals surface area contributed by atoms with Crippen LogP contribution >= 0.6 is 0 Å². The van der Waals surface area contributed by atoms with Crippen LogP contribution in [0.15, 0.2) is 0 Å². The summed E-state index contributed by atoms with van der Waals surface area (Å²) in [7, 11) is 0. The predicted molar refractivity (Wildman–Crippen MR) is 82.0 cm³/mol. The summed E-state index contributed by atoms with van der Waals surface area (Å²) in [5, 5.41) is 11.8. The number of carboxylic acid groups (broad SMARTS) is 1. The third-order valence-corrected chi connectivity index (χ3v) is 3.55. The number of aliphatic carboxylic acids is 1. The second-order valence-corrected chi connectivity index (χ2v) is 5.43. The molecule has 0 aromatic rings. The number of aldehydes is 1. The zero-order valence-corrected chi connectivity index (χ0v) is 12.9. The van der Waals surface area contributed by atoms with Crippen LogP contribution < -0.4 is 5.32 Å². The minimum atomic E-state index is -0.941. The monoisotopic (exact) mass is 285 g/mol. The molecule has 0 saturated heterocycles. The van der Waals surface area contributed by atoms with Crippen LogP contribution in [0.5, 0.6) is 0 Å². The molecular formula is C16H31NO3. The molecule has 0 aliphatic rings. The molecule has 0 aliphatic heterocycles. The smallest absolute Gasteiger partial charge is 0.321 e.